The standard InChI is InChI=1S/C21H20FN5O/c1-13-2-4-17-18(10-13)25-21(24-17)26-20(28)15-6-8-27(9-7-15)19-5-3-14(12-23)11-16(19)22/h2-5,10-11,15H,6-9H2,1H3,(H2,24,25,26,28). The molecular weight excluding hydrogens is 357 g/mol. The van der Waals surface area contributed by atoms with Gasteiger partial charge in [-0.05, 0) is 55.7 Å². The van der Waals surface area contributed by atoms with E-state index in [0.717, 1.165) is 16.6 Å². The predicted octanol–water partition coefficient (Wildman–Crippen LogP) is 3.74. The fraction of sp³-hybridized carbons (Fsp3) is 0.286. The van der Waals surface area contributed by atoms with Crippen molar-refractivity contribution < 1.29 is 9.18 Å². The first-order valence-electron chi connectivity index (χ1n) is 9.25. The van der Waals surface area contributed by atoms with Gasteiger partial charge in [-0.3, -0.25) is 10.1 Å². The molecule has 1 saturated heterocycles. The topological polar surface area (TPSA) is 84.8 Å². The molecule has 1 amide bonds. The number of H-pyrrole nitrogens is 1. The Bertz CT molecular complexity index is 1080. The number of aryl methyl sites for hydroxylation is 1. The number of carbonyl (C=O) groups excluding carboxylic acids is 1. The lowest BCUT2D eigenvalue weighted by Gasteiger charge is -2.33. The number of nitrogens with one attached hydrogen (secondary N) is 2. The number of imidazole rings is 1. The van der Waals surface area contributed by atoms with E-state index < -0.39 is 5.82 Å². The molecule has 0 radical (unpaired) electrons. The number of carbonyl (C=O) groups is 1. The molecule has 0 aliphatic carbocycles. The highest BCUT2D eigenvalue weighted by Crippen LogP contribution is 2.27. The molecule has 1 fully saturated rings. The second-order valence-electron chi connectivity index (χ2n) is 7.13. The van der Waals surface area contributed by atoms with Crippen LogP contribution in [0.3, 0.4) is 0 Å². The Morgan fingerprint density at radius 3 is 2.79 bits per heavy atom. The number of aromatic nitrogens is 2. The first-order valence-corrected chi connectivity index (χ1v) is 9.25. The Balaban J connectivity index is 1.39. The summed E-state index contributed by atoms with van der Waals surface area (Å²) in [6.45, 7) is 3.17. The van der Waals surface area contributed by atoms with Crippen molar-refractivity contribution in [3.63, 3.8) is 0 Å². The molecule has 0 bridgehead atoms. The van der Waals surface area contributed by atoms with Crippen molar-refractivity contribution in [1.29, 1.82) is 5.26 Å². The summed E-state index contributed by atoms with van der Waals surface area (Å²) in [6, 6.07) is 12.3. The third kappa shape index (κ3) is 3.54. The molecule has 4 rings (SSSR count). The summed E-state index contributed by atoms with van der Waals surface area (Å²) in [4.78, 5) is 22.1. The Labute approximate surface area is 162 Å². The summed E-state index contributed by atoms with van der Waals surface area (Å²) >= 11 is 0. The molecule has 0 unspecified atom stereocenters. The van der Waals surface area contributed by atoms with Crippen molar-refractivity contribution >= 4 is 28.6 Å². The number of fused-ring (bicyclic) bond motifs is 1. The summed E-state index contributed by atoms with van der Waals surface area (Å²) < 4.78 is 14.2. The van der Waals surface area contributed by atoms with Crippen molar-refractivity contribution in [3.8, 4) is 6.07 Å². The van der Waals surface area contributed by atoms with E-state index in [9.17, 15) is 9.18 Å². The van der Waals surface area contributed by atoms with E-state index in [-0.39, 0.29) is 11.8 Å². The molecular formula is C21H20FN5O. The van der Waals surface area contributed by atoms with Crippen LogP contribution in [0.2, 0.25) is 0 Å². The summed E-state index contributed by atoms with van der Waals surface area (Å²) in [5, 5.41) is 11.7. The number of halogens is 1. The Hall–Kier alpha value is -3.40. The minimum atomic E-state index is -0.403. The molecule has 28 heavy (non-hydrogen) atoms. The van der Waals surface area contributed by atoms with Crippen LogP contribution in [0.1, 0.15) is 24.0 Å². The van der Waals surface area contributed by atoms with E-state index in [1.165, 1.54) is 6.07 Å². The van der Waals surface area contributed by atoms with E-state index in [2.05, 4.69) is 15.3 Å². The van der Waals surface area contributed by atoms with Crippen LogP contribution in [0.25, 0.3) is 11.0 Å². The van der Waals surface area contributed by atoms with Gasteiger partial charge in [0.05, 0.1) is 28.4 Å². The monoisotopic (exact) mass is 377 g/mol. The summed E-state index contributed by atoms with van der Waals surface area (Å²) in [6.07, 6.45) is 1.26. The second-order valence-corrected chi connectivity index (χ2v) is 7.13. The van der Waals surface area contributed by atoms with Crippen LogP contribution < -0.4 is 10.2 Å². The van der Waals surface area contributed by atoms with Crippen molar-refractivity contribution in [2.45, 2.75) is 19.8 Å². The van der Waals surface area contributed by atoms with Gasteiger partial charge in [-0.2, -0.15) is 5.26 Å². The maximum Gasteiger partial charge on any atom is 0.229 e. The first-order chi connectivity index (χ1) is 13.5. The predicted molar refractivity (Wildman–Crippen MR) is 106 cm³/mol. The van der Waals surface area contributed by atoms with Crippen LogP contribution in [0.5, 0.6) is 0 Å². The molecule has 0 spiro atoms. The zero-order valence-electron chi connectivity index (χ0n) is 15.5. The van der Waals surface area contributed by atoms with Crippen molar-refractivity contribution in [1.82, 2.24) is 9.97 Å². The Morgan fingerprint density at radius 2 is 2.07 bits per heavy atom. The van der Waals surface area contributed by atoms with Gasteiger partial charge < -0.3 is 9.88 Å². The number of rotatable bonds is 3. The van der Waals surface area contributed by atoms with E-state index in [4.69, 9.17) is 5.26 Å². The second kappa shape index (κ2) is 7.31. The number of amides is 1. The molecule has 2 N–H and O–H groups in total. The van der Waals surface area contributed by atoms with Gasteiger partial charge in [-0.1, -0.05) is 6.07 Å². The first kappa shape index (κ1) is 18.0. The molecule has 1 aliphatic rings. The molecule has 0 atom stereocenters. The van der Waals surface area contributed by atoms with E-state index >= 15 is 0 Å². The molecule has 2 aromatic carbocycles. The number of piperidine rings is 1. The van der Waals surface area contributed by atoms with Gasteiger partial charge in [-0.25, -0.2) is 9.37 Å². The van der Waals surface area contributed by atoms with Gasteiger partial charge in [0.15, 0.2) is 0 Å². The Kier molecular flexibility index (Phi) is 4.70. The van der Waals surface area contributed by atoms with Gasteiger partial charge in [0.2, 0.25) is 11.9 Å². The molecule has 1 aromatic heterocycles. The maximum atomic E-state index is 14.2. The lowest BCUT2D eigenvalue weighted by atomic mass is 9.95. The number of hydrogen-bond acceptors (Lipinski definition) is 4. The van der Waals surface area contributed by atoms with Crippen LogP contribution in [-0.4, -0.2) is 29.0 Å². The van der Waals surface area contributed by atoms with Crippen LogP contribution in [0.4, 0.5) is 16.0 Å². The third-order valence-electron chi connectivity index (χ3n) is 5.16. The maximum absolute atomic E-state index is 14.2. The highest BCUT2D eigenvalue weighted by atomic mass is 19.1. The van der Waals surface area contributed by atoms with Gasteiger partial charge in [0.1, 0.15) is 5.82 Å². The fourth-order valence-electron chi connectivity index (χ4n) is 3.62. The highest BCUT2D eigenvalue weighted by molar-refractivity contribution is 5.93. The van der Waals surface area contributed by atoms with E-state index in [1.807, 2.05) is 36.1 Å². The van der Waals surface area contributed by atoms with Gasteiger partial charge in [0, 0.05) is 19.0 Å². The molecule has 0 saturated carbocycles. The lowest BCUT2D eigenvalue weighted by Crippen LogP contribution is -2.38. The van der Waals surface area contributed by atoms with Gasteiger partial charge in [0.25, 0.3) is 0 Å². The number of nitrogens with zero attached hydrogens (tertiary/aromatic N) is 3. The van der Waals surface area contributed by atoms with Crippen LogP contribution in [-0.2, 0) is 4.79 Å². The number of aromatic amines is 1. The highest BCUT2D eigenvalue weighted by Gasteiger charge is 2.27. The molecule has 3 aromatic rings. The smallest absolute Gasteiger partial charge is 0.229 e. The molecule has 7 heteroatoms. The average Bonchev–Trinajstić information content (AvgIpc) is 3.09. The van der Waals surface area contributed by atoms with Gasteiger partial charge >= 0.3 is 0 Å². The largest absolute Gasteiger partial charge is 0.369 e. The zero-order valence-corrected chi connectivity index (χ0v) is 15.5. The summed E-state index contributed by atoms with van der Waals surface area (Å²) in [7, 11) is 0. The molecule has 6 nitrogen and oxygen atoms in total. The van der Waals surface area contributed by atoms with E-state index in [0.29, 0.717) is 43.1 Å². The average molecular weight is 377 g/mol. The number of nitriles is 1. The van der Waals surface area contributed by atoms with Crippen LogP contribution in [0, 0.1) is 30.0 Å². The van der Waals surface area contributed by atoms with E-state index in [1.54, 1.807) is 12.1 Å². The third-order valence-corrected chi connectivity index (χ3v) is 5.16. The van der Waals surface area contributed by atoms with Crippen molar-refractivity contribution in [2.24, 2.45) is 5.92 Å². The molecule has 2 heterocycles. The number of hydrogen-bond donors (Lipinski definition) is 2. The van der Waals surface area contributed by atoms with Crippen LogP contribution in [0.15, 0.2) is 36.4 Å². The zero-order chi connectivity index (χ0) is 19.7. The minimum absolute atomic E-state index is 0.0734. The molecule has 142 valence electrons. The molecule has 1 aliphatic heterocycles. The normalized spacial score (nSPS) is 14.8. The number of anilines is 2. The van der Waals surface area contributed by atoms with Crippen molar-refractivity contribution in [2.75, 3.05) is 23.3 Å². The lowest BCUT2D eigenvalue weighted by molar-refractivity contribution is -0.120. The summed E-state index contributed by atoms with van der Waals surface area (Å²) in [5.74, 6) is -0.172. The summed E-state index contributed by atoms with van der Waals surface area (Å²) in [5.41, 5.74) is 3.60. The number of benzene rings is 2. The fourth-order valence-corrected chi connectivity index (χ4v) is 3.62. The quantitative estimate of drug-likeness (QED) is 0.728. The SMILES string of the molecule is Cc1ccc2nc(NC(=O)C3CCN(c4ccc(C#N)cc4F)CC3)[nH]c2c1. The minimum Gasteiger partial charge on any atom is -0.369 e. The van der Waals surface area contributed by atoms with Crippen LogP contribution >= 0.6 is 0 Å². The van der Waals surface area contributed by atoms with Crippen molar-refractivity contribution in [3.05, 3.63) is 53.3 Å². The Morgan fingerprint density at radius 1 is 1.29 bits per heavy atom. The van der Waals surface area contributed by atoms with Gasteiger partial charge in [-0.15, -0.1) is 0 Å².